The van der Waals surface area contributed by atoms with Crippen LogP contribution in [0.5, 0.6) is 0 Å². The minimum atomic E-state index is -0.136. The summed E-state index contributed by atoms with van der Waals surface area (Å²) < 4.78 is 10.9. The van der Waals surface area contributed by atoms with Gasteiger partial charge in [-0.2, -0.15) is 0 Å². The van der Waals surface area contributed by atoms with Crippen LogP contribution in [0, 0.1) is 0 Å². The molecule has 0 N–H and O–H groups in total. The van der Waals surface area contributed by atoms with Crippen LogP contribution in [0.3, 0.4) is 0 Å². The SMILES string of the molecule is CC(C)(C)c1nc(CC(C)(C)c2cnco2)co1. The summed E-state index contributed by atoms with van der Waals surface area (Å²) in [5.41, 5.74) is 0.748. The van der Waals surface area contributed by atoms with Gasteiger partial charge in [-0.1, -0.05) is 34.6 Å². The van der Waals surface area contributed by atoms with Gasteiger partial charge in [0.05, 0.1) is 11.9 Å². The number of aromatic nitrogens is 2. The monoisotopic (exact) mass is 248 g/mol. The quantitative estimate of drug-likeness (QED) is 0.834. The largest absolute Gasteiger partial charge is 0.448 e. The van der Waals surface area contributed by atoms with Gasteiger partial charge in [0, 0.05) is 17.3 Å². The van der Waals surface area contributed by atoms with E-state index in [1.807, 2.05) is 0 Å². The highest BCUT2D eigenvalue weighted by atomic mass is 16.3. The second-order valence-corrected chi connectivity index (χ2v) is 6.32. The Kier molecular flexibility index (Phi) is 3.05. The van der Waals surface area contributed by atoms with Crippen molar-refractivity contribution in [2.45, 2.75) is 51.9 Å². The average molecular weight is 248 g/mol. The highest BCUT2D eigenvalue weighted by Gasteiger charge is 2.27. The maximum Gasteiger partial charge on any atom is 0.199 e. The van der Waals surface area contributed by atoms with E-state index in [0.29, 0.717) is 0 Å². The van der Waals surface area contributed by atoms with Crippen molar-refractivity contribution in [2.75, 3.05) is 0 Å². The van der Waals surface area contributed by atoms with Crippen LogP contribution in [-0.2, 0) is 17.3 Å². The molecule has 0 saturated heterocycles. The van der Waals surface area contributed by atoms with Crippen molar-refractivity contribution in [3.8, 4) is 0 Å². The van der Waals surface area contributed by atoms with Gasteiger partial charge in [0.25, 0.3) is 0 Å². The molecule has 0 radical (unpaired) electrons. The molecule has 2 heterocycles. The molecule has 0 aliphatic carbocycles. The lowest BCUT2D eigenvalue weighted by molar-refractivity contribution is 0.378. The van der Waals surface area contributed by atoms with Crippen LogP contribution in [0.15, 0.2) is 27.7 Å². The van der Waals surface area contributed by atoms with Crippen molar-refractivity contribution in [3.05, 3.63) is 36.2 Å². The molecule has 2 aromatic rings. The van der Waals surface area contributed by atoms with Gasteiger partial charge in [-0.25, -0.2) is 9.97 Å². The number of rotatable bonds is 3. The minimum Gasteiger partial charge on any atom is -0.448 e. The molecule has 0 aliphatic rings. The maximum atomic E-state index is 5.53. The van der Waals surface area contributed by atoms with E-state index in [9.17, 15) is 0 Å². The summed E-state index contributed by atoms with van der Waals surface area (Å²) in [6, 6.07) is 0. The number of nitrogens with zero attached hydrogens (tertiary/aromatic N) is 2. The normalized spacial score (nSPS) is 12.9. The Balaban J connectivity index is 2.17. The molecular formula is C14H20N2O2. The third kappa shape index (κ3) is 2.63. The minimum absolute atomic E-state index is 0.0609. The fraction of sp³-hybridized carbons (Fsp3) is 0.571. The van der Waals surface area contributed by atoms with E-state index in [4.69, 9.17) is 8.83 Å². The van der Waals surface area contributed by atoms with Crippen molar-refractivity contribution in [2.24, 2.45) is 0 Å². The summed E-state index contributed by atoms with van der Waals surface area (Å²) in [5, 5.41) is 0. The van der Waals surface area contributed by atoms with Gasteiger partial charge in [0.2, 0.25) is 0 Å². The third-order valence-corrected chi connectivity index (χ3v) is 2.92. The summed E-state index contributed by atoms with van der Waals surface area (Å²) in [5.74, 6) is 1.63. The van der Waals surface area contributed by atoms with Gasteiger partial charge in [-0.15, -0.1) is 0 Å². The Morgan fingerprint density at radius 2 is 1.83 bits per heavy atom. The third-order valence-electron chi connectivity index (χ3n) is 2.92. The van der Waals surface area contributed by atoms with Crippen molar-refractivity contribution >= 4 is 0 Å². The molecule has 2 rings (SSSR count). The smallest absolute Gasteiger partial charge is 0.199 e. The standard InChI is InChI=1S/C14H20N2O2/c1-13(2,3)12-16-10(8-17-12)6-14(4,5)11-7-15-9-18-11/h7-9H,6H2,1-5H3. The van der Waals surface area contributed by atoms with Crippen molar-refractivity contribution in [3.63, 3.8) is 0 Å². The average Bonchev–Trinajstić information content (AvgIpc) is 2.83. The zero-order valence-corrected chi connectivity index (χ0v) is 11.7. The fourth-order valence-corrected chi connectivity index (χ4v) is 1.82. The highest BCUT2D eigenvalue weighted by Crippen LogP contribution is 2.28. The fourth-order valence-electron chi connectivity index (χ4n) is 1.82. The molecule has 0 aliphatic heterocycles. The lowest BCUT2D eigenvalue weighted by Gasteiger charge is -2.19. The zero-order chi connectivity index (χ0) is 13.4. The Morgan fingerprint density at radius 3 is 2.33 bits per heavy atom. The lowest BCUT2D eigenvalue weighted by Crippen LogP contribution is -2.20. The Morgan fingerprint density at radius 1 is 1.11 bits per heavy atom. The van der Waals surface area contributed by atoms with Crippen LogP contribution in [0.25, 0.3) is 0 Å². The van der Waals surface area contributed by atoms with Crippen LogP contribution in [0.4, 0.5) is 0 Å². The van der Waals surface area contributed by atoms with E-state index < -0.39 is 0 Å². The first-order chi connectivity index (χ1) is 8.29. The van der Waals surface area contributed by atoms with Gasteiger partial charge in [0.15, 0.2) is 12.3 Å². The molecule has 0 saturated carbocycles. The van der Waals surface area contributed by atoms with Crippen LogP contribution in [-0.4, -0.2) is 9.97 Å². The summed E-state index contributed by atoms with van der Waals surface area (Å²) in [6.07, 6.45) is 5.71. The topological polar surface area (TPSA) is 52.1 Å². The lowest BCUT2D eigenvalue weighted by atomic mass is 9.86. The van der Waals surface area contributed by atoms with E-state index in [0.717, 1.165) is 23.8 Å². The molecule has 0 atom stereocenters. The van der Waals surface area contributed by atoms with Crippen LogP contribution < -0.4 is 0 Å². The molecule has 98 valence electrons. The van der Waals surface area contributed by atoms with Crippen LogP contribution in [0.2, 0.25) is 0 Å². The van der Waals surface area contributed by atoms with Crippen molar-refractivity contribution in [1.82, 2.24) is 9.97 Å². The van der Waals surface area contributed by atoms with Crippen molar-refractivity contribution < 1.29 is 8.83 Å². The van der Waals surface area contributed by atoms with E-state index in [1.165, 1.54) is 6.39 Å². The molecule has 0 unspecified atom stereocenters. The number of oxazole rings is 2. The van der Waals surface area contributed by atoms with E-state index >= 15 is 0 Å². The molecule has 4 nitrogen and oxygen atoms in total. The first-order valence-electron chi connectivity index (χ1n) is 6.13. The first kappa shape index (κ1) is 12.9. The first-order valence-corrected chi connectivity index (χ1v) is 6.13. The summed E-state index contributed by atoms with van der Waals surface area (Å²) in [4.78, 5) is 8.51. The predicted molar refractivity (Wildman–Crippen MR) is 68.4 cm³/mol. The van der Waals surface area contributed by atoms with E-state index in [1.54, 1.807) is 12.5 Å². The van der Waals surface area contributed by atoms with Gasteiger partial charge < -0.3 is 8.83 Å². The number of hydrogen-bond donors (Lipinski definition) is 0. The Bertz CT molecular complexity index is 504. The Hall–Kier alpha value is -1.58. The summed E-state index contributed by atoms with van der Waals surface area (Å²) in [7, 11) is 0. The molecule has 0 amide bonds. The molecule has 4 heteroatoms. The molecule has 18 heavy (non-hydrogen) atoms. The molecule has 0 spiro atoms. The second kappa shape index (κ2) is 4.26. The van der Waals surface area contributed by atoms with Gasteiger partial charge in [-0.05, 0) is 0 Å². The number of hydrogen-bond acceptors (Lipinski definition) is 4. The van der Waals surface area contributed by atoms with Crippen LogP contribution in [0.1, 0.15) is 52.0 Å². The summed E-state index contributed by atoms with van der Waals surface area (Å²) in [6.45, 7) is 10.5. The summed E-state index contributed by atoms with van der Waals surface area (Å²) >= 11 is 0. The molecular weight excluding hydrogens is 228 g/mol. The van der Waals surface area contributed by atoms with Gasteiger partial charge in [-0.3, -0.25) is 0 Å². The second-order valence-electron chi connectivity index (χ2n) is 6.32. The highest BCUT2D eigenvalue weighted by molar-refractivity contribution is 5.13. The van der Waals surface area contributed by atoms with Gasteiger partial charge >= 0.3 is 0 Å². The van der Waals surface area contributed by atoms with E-state index in [-0.39, 0.29) is 10.8 Å². The predicted octanol–water partition coefficient (Wildman–Crippen LogP) is 3.48. The Labute approximate surface area is 107 Å². The van der Waals surface area contributed by atoms with Crippen molar-refractivity contribution in [1.29, 1.82) is 0 Å². The molecule has 0 bridgehead atoms. The van der Waals surface area contributed by atoms with Crippen LogP contribution >= 0.6 is 0 Å². The maximum absolute atomic E-state index is 5.53. The van der Waals surface area contributed by atoms with Gasteiger partial charge in [0.1, 0.15) is 12.0 Å². The molecule has 0 fully saturated rings. The molecule has 0 aromatic carbocycles. The zero-order valence-electron chi connectivity index (χ0n) is 11.7. The van der Waals surface area contributed by atoms with E-state index in [2.05, 4.69) is 44.6 Å². The molecule has 2 aromatic heterocycles.